The Bertz CT molecular complexity index is 809. The summed E-state index contributed by atoms with van der Waals surface area (Å²) < 4.78 is 28.8. The average molecular weight is 389 g/mol. The molecule has 1 amide bonds. The fourth-order valence-electron chi connectivity index (χ4n) is 3.47. The van der Waals surface area contributed by atoms with Gasteiger partial charge >= 0.3 is 0 Å². The molecule has 2 aliphatic rings. The second-order valence-corrected chi connectivity index (χ2v) is 6.98. The Labute approximate surface area is 162 Å². The maximum atomic E-state index is 11.7. The van der Waals surface area contributed by atoms with Crippen LogP contribution in [0, 0.1) is 6.92 Å². The molecule has 4 rings (SSSR count). The number of hydrogen-bond donors (Lipinski definition) is 2. The Balaban J connectivity index is 1.54. The van der Waals surface area contributed by atoms with Crippen molar-refractivity contribution in [2.75, 3.05) is 6.61 Å². The van der Waals surface area contributed by atoms with Gasteiger partial charge in [-0.2, -0.15) is 0 Å². The lowest BCUT2D eigenvalue weighted by Crippen LogP contribution is -2.67. The maximum absolute atomic E-state index is 11.7. The number of aryl methyl sites for hydroxylation is 1. The van der Waals surface area contributed by atoms with Crippen molar-refractivity contribution in [2.45, 2.75) is 50.8 Å². The Morgan fingerprint density at radius 2 is 2.11 bits per heavy atom. The van der Waals surface area contributed by atoms with Crippen LogP contribution in [0.2, 0.25) is 0 Å². The van der Waals surface area contributed by atoms with E-state index in [2.05, 4.69) is 5.32 Å². The van der Waals surface area contributed by atoms with Gasteiger partial charge in [0.15, 0.2) is 5.76 Å². The van der Waals surface area contributed by atoms with Crippen LogP contribution in [-0.2, 0) is 19.0 Å². The minimum Gasteiger partial charge on any atom is -0.464 e. The van der Waals surface area contributed by atoms with Crippen LogP contribution in [0.15, 0.2) is 47.1 Å². The first-order valence-electron chi connectivity index (χ1n) is 9.15. The fraction of sp³-hybridized carbons (Fsp3) is 0.450. The number of nitrogens with one attached hydrogen (secondary N) is 1. The van der Waals surface area contributed by atoms with Crippen molar-refractivity contribution >= 4 is 5.91 Å². The number of carbonyl (C=O) groups is 1. The number of ether oxygens (including phenoxy) is 4. The van der Waals surface area contributed by atoms with Crippen molar-refractivity contribution in [3.63, 3.8) is 0 Å². The van der Waals surface area contributed by atoms with Gasteiger partial charge in [0.25, 0.3) is 0 Å². The molecule has 8 nitrogen and oxygen atoms in total. The predicted molar refractivity (Wildman–Crippen MR) is 96.4 cm³/mol. The Morgan fingerprint density at radius 1 is 1.25 bits per heavy atom. The van der Waals surface area contributed by atoms with E-state index in [4.69, 9.17) is 23.4 Å². The standard InChI is InChI=1S/C20H23NO7/c1-11-5-3-6-13(9-11)26-20-16(21-12(2)22)17(23)18-15(27-20)10-25-19(28-18)14-7-4-8-24-14/h3-9,15-20,23H,10H2,1-2H3,(H,21,22)/t15-,16+,17-,18-,19-,20+/m0/s1. The number of furan rings is 1. The van der Waals surface area contributed by atoms with Gasteiger partial charge in [-0.3, -0.25) is 4.79 Å². The van der Waals surface area contributed by atoms with Gasteiger partial charge in [0.1, 0.15) is 30.1 Å². The molecule has 0 unspecified atom stereocenters. The molecule has 1 aromatic heterocycles. The van der Waals surface area contributed by atoms with Gasteiger partial charge in [-0.1, -0.05) is 12.1 Å². The lowest BCUT2D eigenvalue weighted by Gasteiger charge is -2.47. The molecule has 0 radical (unpaired) electrons. The van der Waals surface area contributed by atoms with Crippen LogP contribution in [0.3, 0.4) is 0 Å². The molecule has 2 N–H and O–H groups in total. The highest BCUT2D eigenvalue weighted by atomic mass is 16.8. The van der Waals surface area contributed by atoms with Crippen LogP contribution in [-0.4, -0.2) is 48.3 Å². The van der Waals surface area contributed by atoms with Gasteiger partial charge in [-0.05, 0) is 36.8 Å². The normalized spacial score (nSPS) is 32.4. The van der Waals surface area contributed by atoms with Gasteiger partial charge in [0.2, 0.25) is 18.5 Å². The van der Waals surface area contributed by atoms with E-state index < -0.39 is 36.9 Å². The quantitative estimate of drug-likeness (QED) is 0.821. The van der Waals surface area contributed by atoms with Crippen LogP contribution in [0.5, 0.6) is 5.75 Å². The van der Waals surface area contributed by atoms with Gasteiger partial charge < -0.3 is 33.8 Å². The highest BCUT2D eigenvalue weighted by Crippen LogP contribution is 2.35. The minimum atomic E-state index is -1.06. The van der Waals surface area contributed by atoms with Crippen molar-refractivity contribution in [1.82, 2.24) is 5.32 Å². The number of benzene rings is 1. The number of aliphatic hydroxyl groups is 1. The molecule has 1 aromatic carbocycles. The zero-order valence-electron chi connectivity index (χ0n) is 15.6. The maximum Gasteiger partial charge on any atom is 0.223 e. The summed E-state index contributed by atoms with van der Waals surface area (Å²) in [6, 6.07) is 10.1. The third kappa shape index (κ3) is 3.90. The lowest BCUT2D eigenvalue weighted by atomic mass is 9.96. The van der Waals surface area contributed by atoms with Gasteiger partial charge in [-0.15, -0.1) is 0 Å². The highest BCUT2D eigenvalue weighted by molar-refractivity contribution is 5.73. The number of aliphatic hydroxyl groups excluding tert-OH is 1. The summed E-state index contributed by atoms with van der Waals surface area (Å²) >= 11 is 0. The zero-order chi connectivity index (χ0) is 19.7. The fourth-order valence-corrected chi connectivity index (χ4v) is 3.47. The molecule has 2 aliphatic heterocycles. The van der Waals surface area contributed by atoms with Crippen LogP contribution >= 0.6 is 0 Å². The average Bonchev–Trinajstić information content (AvgIpc) is 3.19. The summed E-state index contributed by atoms with van der Waals surface area (Å²) in [6.45, 7) is 3.51. The van der Waals surface area contributed by atoms with E-state index in [1.165, 1.54) is 13.2 Å². The number of carbonyl (C=O) groups excluding carboxylic acids is 1. The van der Waals surface area contributed by atoms with E-state index in [1.807, 2.05) is 25.1 Å². The predicted octanol–water partition coefficient (Wildman–Crippen LogP) is 1.67. The van der Waals surface area contributed by atoms with Crippen LogP contribution in [0.4, 0.5) is 0 Å². The van der Waals surface area contributed by atoms with Crippen molar-refractivity contribution in [2.24, 2.45) is 0 Å². The molecule has 150 valence electrons. The minimum absolute atomic E-state index is 0.188. The van der Waals surface area contributed by atoms with Crippen molar-refractivity contribution in [3.8, 4) is 5.75 Å². The van der Waals surface area contributed by atoms with Crippen LogP contribution in [0.25, 0.3) is 0 Å². The van der Waals surface area contributed by atoms with Crippen molar-refractivity contribution in [3.05, 3.63) is 54.0 Å². The first-order chi connectivity index (χ1) is 13.5. The number of rotatable bonds is 4. The number of hydrogen-bond acceptors (Lipinski definition) is 7. The lowest BCUT2D eigenvalue weighted by molar-refractivity contribution is -0.336. The number of amides is 1. The molecular weight excluding hydrogens is 366 g/mol. The molecule has 28 heavy (non-hydrogen) atoms. The van der Waals surface area contributed by atoms with Crippen molar-refractivity contribution < 1.29 is 33.3 Å². The molecule has 0 spiro atoms. The second-order valence-electron chi connectivity index (χ2n) is 6.98. The molecule has 2 fully saturated rings. The Morgan fingerprint density at radius 3 is 2.82 bits per heavy atom. The Hall–Kier alpha value is -2.39. The molecule has 8 heteroatoms. The van der Waals surface area contributed by atoms with E-state index in [0.717, 1.165) is 5.56 Å². The van der Waals surface area contributed by atoms with Crippen molar-refractivity contribution in [1.29, 1.82) is 0 Å². The molecule has 2 aromatic rings. The SMILES string of the molecule is CC(=O)N[C@H]1[C@H](Oc2cccc(C)c2)O[C@H]2CO[C@H](c3ccco3)O[C@@H]2[C@H]1O. The monoisotopic (exact) mass is 389 g/mol. The van der Waals surface area contributed by atoms with Gasteiger partial charge in [0, 0.05) is 6.92 Å². The summed E-state index contributed by atoms with van der Waals surface area (Å²) in [4.78, 5) is 11.7. The second kappa shape index (κ2) is 7.92. The highest BCUT2D eigenvalue weighted by Gasteiger charge is 2.51. The summed E-state index contributed by atoms with van der Waals surface area (Å²) in [5.74, 6) is 0.774. The molecule has 0 bridgehead atoms. The molecule has 3 heterocycles. The first kappa shape index (κ1) is 18.9. The smallest absolute Gasteiger partial charge is 0.223 e. The summed E-state index contributed by atoms with van der Waals surface area (Å²) in [7, 11) is 0. The van der Waals surface area contributed by atoms with E-state index in [9.17, 15) is 9.90 Å². The molecular formula is C20H23NO7. The summed E-state index contributed by atoms with van der Waals surface area (Å²) in [5, 5.41) is 13.7. The van der Waals surface area contributed by atoms with E-state index >= 15 is 0 Å². The molecule has 6 atom stereocenters. The third-order valence-electron chi connectivity index (χ3n) is 4.75. The topological polar surface area (TPSA) is 99.4 Å². The molecule has 0 aliphatic carbocycles. The number of fused-ring (bicyclic) bond motifs is 1. The van der Waals surface area contributed by atoms with E-state index in [-0.39, 0.29) is 12.5 Å². The van der Waals surface area contributed by atoms with Gasteiger partial charge in [0.05, 0.1) is 12.9 Å². The van der Waals surface area contributed by atoms with E-state index in [1.54, 1.807) is 18.2 Å². The molecule has 0 saturated carbocycles. The molecule has 2 saturated heterocycles. The van der Waals surface area contributed by atoms with Crippen LogP contribution in [0.1, 0.15) is 24.5 Å². The first-order valence-corrected chi connectivity index (χ1v) is 9.15. The zero-order valence-corrected chi connectivity index (χ0v) is 15.6. The van der Waals surface area contributed by atoms with E-state index in [0.29, 0.717) is 11.5 Å². The largest absolute Gasteiger partial charge is 0.464 e. The summed E-state index contributed by atoms with van der Waals surface area (Å²) in [5.41, 5.74) is 1.02. The Kier molecular flexibility index (Phi) is 5.36. The van der Waals surface area contributed by atoms with Crippen LogP contribution < -0.4 is 10.1 Å². The third-order valence-corrected chi connectivity index (χ3v) is 4.75. The summed E-state index contributed by atoms with van der Waals surface area (Å²) in [6.07, 6.45) is -2.44. The van der Waals surface area contributed by atoms with Gasteiger partial charge in [-0.25, -0.2) is 0 Å².